The first-order chi connectivity index (χ1) is 12.4. The third kappa shape index (κ3) is 7.79. The van der Waals surface area contributed by atoms with Crippen LogP contribution in [0.25, 0.3) is 0 Å². The number of sulfonamides is 1. The maximum atomic E-state index is 11.9. The Kier molecular flexibility index (Phi) is 10.3. The fourth-order valence-corrected chi connectivity index (χ4v) is 4.58. The Balaban J connectivity index is 0.00000364. The van der Waals surface area contributed by atoms with Gasteiger partial charge in [-0.25, -0.2) is 17.9 Å². The number of ether oxygens (including phenoxy) is 1. The molecule has 4 N–H and O–H groups in total. The van der Waals surface area contributed by atoms with Crippen LogP contribution in [0.4, 0.5) is 4.79 Å². The predicted molar refractivity (Wildman–Crippen MR) is 116 cm³/mol. The van der Waals surface area contributed by atoms with Crippen LogP contribution in [0.2, 0.25) is 0 Å². The van der Waals surface area contributed by atoms with Crippen LogP contribution < -0.4 is 15.8 Å². The largest absolute Gasteiger partial charge is 0.450 e. The van der Waals surface area contributed by atoms with Crippen molar-refractivity contribution >= 4 is 57.4 Å². The van der Waals surface area contributed by atoms with Crippen molar-refractivity contribution < 1.29 is 17.9 Å². The molecule has 0 atom stereocenters. The lowest BCUT2D eigenvalue weighted by molar-refractivity contribution is 0.0963. The van der Waals surface area contributed by atoms with E-state index in [2.05, 4.69) is 15.0 Å². The normalized spacial score (nSPS) is 15.9. The number of guanidine groups is 1. The lowest BCUT2D eigenvalue weighted by Gasteiger charge is -2.31. The zero-order valence-corrected chi connectivity index (χ0v) is 19.1. The molecule has 1 aromatic heterocycles. The first-order valence-electron chi connectivity index (χ1n) is 8.43. The molecule has 0 bridgehead atoms. The highest BCUT2D eigenvalue weighted by Crippen LogP contribution is 2.15. The maximum absolute atomic E-state index is 11.9. The van der Waals surface area contributed by atoms with Gasteiger partial charge in [0, 0.05) is 25.7 Å². The standard InChI is InChI=1S/C15H25N5O4S2.HI/c1-2-24-15(21)20-9-5-12(6-10-20)19-14(16)17-7-8-18-26(22,23)13-4-3-11-25-13;/h3-4,11-12,18H,2,5-10H2,1H3,(H3,16,17,19);1H. The molecule has 12 heteroatoms. The van der Waals surface area contributed by atoms with Crippen molar-refractivity contribution in [1.29, 1.82) is 0 Å². The number of piperidine rings is 1. The molecule has 154 valence electrons. The Hall–Kier alpha value is -1.12. The number of carbonyl (C=O) groups is 1. The van der Waals surface area contributed by atoms with Gasteiger partial charge in [-0.15, -0.1) is 35.3 Å². The van der Waals surface area contributed by atoms with E-state index in [1.807, 2.05) is 0 Å². The van der Waals surface area contributed by atoms with Gasteiger partial charge in [0.05, 0.1) is 13.2 Å². The molecular weight excluding hydrogens is 505 g/mol. The van der Waals surface area contributed by atoms with E-state index < -0.39 is 10.0 Å². The number of amides is 1. The number of halogens is 1. The first-order valence-corrected chi connectivity index (χ1v) is 10.8. The Morgan fingerprint density at radius 2 is 2.15 bits per heavy atom. The molecule has 0 aliphatic carbocycles. The van der Waals surface area contributed by atoms with Gasteiger partial charge in [0.25, 0.3) is 0 Å². The van der Waals surface area contributed by atoms with Crippen molar-refractivity contribution in [3.05, 3.63) is 17.5 Å². The molecule has 1 fully saturated rings. The average Bonchev–Trinajstić information content (AvgIpc) is 3.15. The minimum absolute atomic E-state index is 0. The molecule has 0 unspecified atom stereocenters. The van der Waals surface area contributed by atoms with Crippen molar-refractivity contribution in [1.82, 2.24) is 14.9 Å². The highest BCUT2D eigenvalue weighted by Gasteiger charge is 2.23. The zero-order valence-electron chi connectivity index (χ0n) is 15.1. The maximum Gasteiger partial charge on any atom is 0.409 e. The zero-order chi connectivity index (χ0) is 19.0. The Morgan fingerprint density at radius 1 is 1.44 bits per heavy atom. The van der Waals surface area contributed by atoms with Gasteiger partial charge < -0.3 is 20.7 Å². The molecule has 1 aliphatic heterocycles. The fraction of sp³-hybridized carbons (Fsp3) is 0.600. The molecule has 9 nitrogen and oxygen atoms in total. The van der Waals surface area contributed by atoms with E-state index in [1.54, 1.807) is 29.3 Å². The van der Waals surface area contributed by atoms with Gasteiger partial charge in [0.1, 0.15) is 4.21 Å². The Morgan fingerprint density at radius 3 is 2.74 bits per heavy atom. The van der Waals surface area contributed by atoms with Gasteiger partial charge in [0.15, 0.2) is 5.96 Å². The van der Waals surface area contributed by atoms with Gasteiger partial charge >= 0.3 is 6.09 Å². The van der Waals surface area contributed by atoms with Crippen LogP contribution in [0, 0.1) is 0 Å². The molecule has 0 saturated carbocycles. The van der Waals surface area contributed by atoms with Gasteiger partial charge in [0.2, 0.25) is 10.0 Å². The van der Waals surface area contributed by atoms with Gasteiger partial charge in [-0.2, -0.15) is 0 Å². The average molecular weight is 531 g/mol. The summed E-state index contributed by atoms with van der Waals surface area (Å²) in [6.07, 6.45) is 1.21. The molecule has 1 aromatic rings. The summed E-state index contributed by atoms with van der Waals surface area (Å²) in [5.41, 5.74) is 5.85. The highest BCUT2D eigenvalue weighted by molar-refractivity contribution is 14.0. The van der Waals surface area contributed by atoms with Gasteiger partial charge in [-0.3, -0.25) is 4.99 Å². The SMILES string of the molecule is CCOC(=O)N1CCC(NC(N)=NCCNS(=O)(=O)c2cccs2)CC1.I. The van der Waals surface area contributed by atoms with E-state index in [9.17, 15) is 13.2 Å². The summed E-state index contributed by atoms with van der Waals surface area (Å²) in [6.45, 7) is 3.76. The molecule has 0 radical (unpaired) electrons. The number of carbonyl (C=O) groups excluding carboxylic acids is 1. The van der Waals surface area contributed by atoms with E-state index in [1.165, 1.54) is 0 Å². The lowest BCUT2D eigenvalue weighted by atomic mass is 10.1. The molecule has 2 heterocycles. The van der Waals surface area contributed by atoms with Gasteiger partial charge in [-0.05, 0) is 31.2 Å². The Bertz CT molecular complexity index is 704. The molecule has 0 aromatic carbocycles. The number of nitrogens with zero attached hydrogens (tertiary/aromatic N) is 2. The number of likely N-dealkylation sites (tertiary alicyclic amines) is 1. The van der Waals surface area contributed by atoms with Gasteiger partial charge in [-0.1, -0.05) is 6.07 Å². The van der Waals surface area contributed by atoms with Crippen LogP contribution in [-0.4, -0.2) is 64.2 Å². The molecule has 27 heavy (non-hydrogen) atoms. The van der Waals surface area contributed by atoms with Crippen LogP contribution in [0.3, 0.4) is 0 Å². The Labute approximate surface area is 180 Å². The third-order valence-electron chi connectivity index (χ3n) is 3.82. The summed E-state index contributed by atoms with van der Waals surface area (Å²) in [7, 11) is -3.47. The molecule has 1 amide bonds. The third-order valence-corrected chi connectivity index (χ3v) is 6.68. The summed E-state index contributed by atoms with van der Waals surface area (Å²) in [5.74, 6) is 0.273. The van der Waals surface area contributed by atoms with E-state index in [0.717, 1.165) is 24.2 Å². The minimum Gasteiger partial charge on any atom is -0.450 e. The number of thiophene rings is 1. The predicted octanol–water partition coefficient (Wildman–Crippen LogP) is 1.17. The van der Waals surface area contributed by atoms with Crippen molar-refractivity contribution in [2.24, 2.45) is 10.7 Å². The van der Waals surface area contributed by atoms with Crippen LogP contribution >= 0.6 is 35.3 Å². The summed E-state index contributed by atoms with van der Waals surface area (Å²) in [5, 5.41) is 4.82. The number of nitrogens with two attached hydrogens (primary N) is 1. The quantitative estimate of drug-likeness (QED) is 0.210. The van der Waals surface area contributed by atoms with E-state index in [-0.39, 0.29) is 59.4 Å². The van der Waals surface area contributed by atoms with Crippen LogP contribution in [-0.2, 0) is 14.8 Å². The summed E-state index contributed by atoms with van der Waals surface area (Å²) in [4.78, 5) is 17.5. The first kappa shape index (κ1) is 23.9. The molecular formula is C15H26IN5O4S2. The topological polar surface area (TPSA) is 126 Å². The van der Waals surface area contributed by atoms with Crippen molar-refractivity contribution in [3.8, 4) is 0 Å². The number of aliphatic imine (C=N–C) groups is 1. The highest BCUT2D eigenvalue weighted by atomic mass is 127. The van der Waals surface area contributed by atoms with E-state index in [4.69, 9.17) is 10.5 Å². The number of hydrogen-bond donors (Lipinski definition) is 3. The van der Waals surface area contributed by atoms with Crippen molar-refractivity contribution in [3.63, 3.8) is 0 Å². The molecule has 2 rings (SSSR count). The second-order valence-corrected chi connectivity index (χ2v) is 8.64. The number of hydrogen-bond acceptors (Lipinski definition) is 6. The second kappa shape index (κ2) is 11.7. The van der Waals surface area contributed by atoms with Crippen LogP contribution in [0.15, 0.2) is 26.7 Å². The molecule has 1 aliphatic rings. The van der Waals surface area contributed by atoms with E-state index in [0.29, 0.717) is 19.7 Å². The summed E-state index contributed by atoms with van der Waals surface area (Å²) < 4.78 is 31.6. The summed E-state index contributed by atoms with van der Waals surface area (Å²) >= 11 is 1.16. The van der Waals surface area contributed by atoms with Crippen LogP contribution in [0.5, 0.6) is 0 Å². The molecule has 1 saturated heterocycles. The number of rotatable bonds is 7. The minimum atomic E-state index is -3.47. The van der Waals surface area contributed by atoms with Crippen LogP contribution in [0.1, 0.15) is 19.8 Å². The van der Waals surface area contributed by atoms with Crippen molar-refractivity contribution in [2.75, 3.05) is 32.8 Å². The van der Waals surface area contributed by atoms with Crippen molar-refractivity contribution in [2.45, 2.75) is 30.0 Å². The number of nitrogens with one attached hydrogen (secondary N) is 2. The monoisotopic (exact) mass is 531 g/mol. The second-order valence-electron chi connectivity index (χ2n) is 5.70. The smallest absolute Gasteiger partial charge is 0.409 e. The van der Waals surface area contributed by atoms with E-state index >= 15 is 0 Å². The molecule has 0 spiro atoms. The summed E-state index contributed by atoms with van der Waals surface area (Å²) in [6, 6.07) is 3.37. The fourth-order valence-electron chi connectivity index (χ4n) is 2.52. The lowest BCUT2D eigenvalue weighted by Crippen LogP contribution is -2.48.